The maximum absolute atomic E-state index is 11.7. The molecule has 1 aromatic rings. The number of carbonyl (C=O) groups excluding carboxylic acids is 1. The van der Waals surface area contributed by atoms with E-state index in [-0.39, 0.29) is 11.3 Å². The van der Waals surface area contributed by atoms with E-state index in [1.807, 2.05) is 13.0 Å². The molecule has 0 saturated heterocycles. The van der Waals surface area contributed by atoms with E-state index in [0.29, 0.717) is 12.1 Å². The summed E-state index contributed by atoms with van der Waals surface area (Å²) in [5.74, 6) is -0.113. The number of hydrogen-bond donors (Lipinski definition) is 1. The van der Waals surface area contributed by atoms with Crippen LogP contribution >= 0.6 is 11.6 Å². The first-order valence-corrected chi connectivity index (χ1v) is 5.91. The van der Waals surface area contributed by atoms with Crippen LogP contribution < -0.4 is 5.32 Å². The maximum atomic E-state index is 11.7. The molecule has 0 aliphatic heterocycles. The van der Waals surface area contributed by atoms with Crippen LogP contribution in [0.3, 0.4) is 0 Å². The Hall–Kier alpha value is -1.09. The predicted octanol–water partition coefficient (Wildman–Crippen LogP) is 2.53. The van der Waals surface area contributed by atoms with Gasteiger partial charge in [0.05, 0.1) is 10.9 Å². The van der Waals surface area contributed by atoms with Crippen molar-refractivity contribution in [2.45, 2.75) is 32.1 Å². The van der Waals surface area contributed by atoms with Crippen molar-refractivity contribution in [3.8, 4) is 0 Å². The predicted molar refractivity (Wildman–Crippen MR) is 65.9 cm³/mol. The zero-order valence-corrected chi connectivity index (χ0v) is 10.4. The van der Waals surface area contributed by atoms with Crippen LogP contribution in [0.5, 0.6) is 0 Å². The number of alkyl halides is 1. The third kappa shape index (κ3) is 4.19. The molecule has 0 aromatic carbocycles. The summed E-state index contributed by atoms with van der Waals surface area (Å²) in [4.78, 5) is 15.7. The molecule has 0 bridgehead atoms. The van der Waals surface area contributed by atoms with E-state index in [1.165, 1.54) is 0 Å². The fourth-order valence-electron chi connectivity index (χ4n) is 1.40. The van der Waals surface area contributed by atoms with Gasteiger partial charge < -0.3 is 5.32 Å². The minimum absolute atomic E-state index is 0.00622. The lowest BCUT2D eigenvalue weighted by Crippen LogP contribution is -2.29. The lowest BCUT2D eigenvalue weighted by atomic mass is 10.2. The van der Waals surface area contributed by atoms with Gasteiger partial charge in [-0.25, -0.2) is 0 Å². The lowest BCUT2D eigenvalue weighted by Gasteiger charge is -2.09. The van der Waals surface area contributed by atoms with Gasteiger partial charge in [-0.1, -0.05) is 13.3 Å². The monoisotopic (exact) mass is 240 g/mol. The third-order valence-corrected chi connectivity index (χ3v) is 2.60. The van der Waals surface area contributed by atoms with Gasteiger partial charge in [0.1, 0.15) is 0 Å². The first-order chi connectivity index (χ1) is 7.63. The van der Waals surface area contributed by atoms with Crippen molar-refractivity contribution in [1.82, 2.24) is 10.3 Å². The second kappa shape index (κ2) is 6.48. The third-order valence-electron chi connectivity index (χ3n) is 2.22. The molecular formula is C12H17ClN2O. The number of amides is 1. The van der Waals surface area contributed by atoms with Gasteiger partial charge in [0.15, 0.2) is 0 Å². The van der Waals surface area contributed by atoms with Crippen LogP contribution in [0.4, 0.5) is 0 Å². The Balaban J connectivity index is 2.47. The molecular weight excluding hydrogens is 224 g/mol. The minimum Gasteiger partial charge on any atom is -0.351 e. The SMILES string of the molecule is CCCC(Cl)CNC(=O)c1cncc(C)c1. The topological polar surface area (TPSA) is 42.0 Å². The van der Waals surface area contributed by atoms with Crippen molar-refractivity contribution >= 4 is 17.5 Å². The Labute approximate surface area is 101 Å². The van der Waals surface area contributed by atoms with E-state index in [1.54, 1.807) is 12.4 Å². The molecule has 0 spiro atoms. The molecule has 0 aliphatic rings. The van der Waals surface area contributed by atoms with Gasteiger partial charge in [-0.2, -0.15) is 0 Å². The number of pyridine rings is 1. The van der Waals surface area contributed by atoms with Gasteiger partial charge in [0.25, 0.3) is 5.91 Å². The number of nitrogens with zero attached hydrogens (tertiary/aromatic N) is 1. The largest absolute Gasteiger partial charge is 0.351 e. The van der Waals surface area contributed by atoms with Crippen molar-refractivity contribution in [2.24, 2.45) is 0 Å². The van der Waals surface area contributed by atoms with Gasteiger partial charge in [-0.15, -0.1) is 11.6 Å². The number of rotatable bonds is 5. The van der Waals surface area contributed by atoms with Gasteiger partial charge in [0.2, 0.25) is 0 Å². The van der Waals surface area contributed by atoms with Gasteiger partial charge in [-0.05, 0) is 25.0 Å². The summed E-state index contributed by atoms with van der Waals surface area (Å²) in [5, 5.41) is 2.81. The Morgan fingerprint density at radius 3 is 2.94 bits per heavy atom. The summed E-state index contributed by atoms with van der Waals surface area (Å²) >= 11 is 6.01. The Bertz CT molecular complexity index is 355. The van der Waals surface area contributed by atoms with Crippen molar-refractivity contribution in [1.29, 1.82) is 0 Å². The van der Waals surface area contributed by atoms with Gasteiger partial charge in [-0.3, -0.25) is 9.78 Å². The molecule has 0 fully saturated rings. The van der Waals surface area contributed by atoms with Crippen molar-refractivity contribution in [3.05, 3.63) is 29.6 Å². The number of carbonyl (C=O) groups is 1. The zero-order chi connectivity index (χ0) is 12.0. The molecule has 1 atom stereocenters. The van der Waals surface area contributed by atoms with Gasteiger partial charge >= 0.3 is 0 Å². The standard InChI is InChI=1S/C12H17ClN2O/c1-3-4-11(13)8-15-12(16)10-5-9(2)6-14-7-10/h5-7,11H,3-4,8H2,1-2H3,(H,15,16). The molecule has 1 aromatic heterocycles. The van der Waals surface area contributed by atoms with Crippen LogP contribution in [0.15, 0.2) is 18.5 Å². The average Bonchev–Trinajstić information content (AvgIpc) is 2.26. The van der Waals surface area contributed by atoms with E-state index in [2.05, 4.69) is 17.2 Å². The molecule has 0 saturated carbocycles. The van der Waals surface area contributed by atoms with Crippen molar-refractivity contribution < 1.29 is 4.79 Å². The first-order valence-electron chi connectivity index (χ1n) is 5.47. The Morgan fingerprint density at radius 2 is 2.31 bits per heavy atom. The van der Waals surface area contributed by atoms with Crippen LogP contribution in [0.25, 0.3) is 0 Å². The highest BCUT2D eigenvalue weighted by Crippen LogP contribution is 2.05. The number of aromatic nitrogens is 1. The van der Waals surface area contributed by atoms with Crippen molar-refractivity contribution in [3.63, 3.8) is 0 Å². The molecule has 1 unspecified atom stereocenters. The second-order valence-corrected chi connectivity index (χ2v) is 4.46. The highest BCUT2D eigenvalue weighted by Gasteiger charge is 2.08. The summed E-state index contributed by atoms with van der Waals surface area (Å²) < 4.78 is 0. The molecule has 3 nitrogen and oxygen atoms in total. The van der Waals surface area contributed by atoms with Crippen LogP contribution in [0, 0.1) is 6.92 Å². The molecule has 1 N–H and O–H groups in total. The molecule has 4 heteroatoms. The summed E-state index contributed by atoms with van der Waals surface area (Å²) in [6.07, 6.45) is 5.22. The van der Waals surface area contributed by atoms with E-state index < -0.39 is 0 Å². The highest BCUT2D eigenvalue weighted by atomic mass is 35.5. The molecule has 0 radical (unpaired) electrons. The molecule has 16 heavy (non-hydrogen) atoms. The first kappa shape index (κ1) is 13.0. The number of nitrogens with one attached hydrogen (secondary N) is 1. The normalized spacial score (nSPS) is 12.2. The smallest absolute Gasteiger partial charge is 0.252 e. The Kier molecular flexibility index (Phi) is 5.26. The molecule has 88 valence electrons. The maximum Gasteiger partial charge on any atom is 0.252 e. The summed E-state index contributed by atoms with van der Waals surface area (Å²) in [6, 6.07) is 1.81. The van der Waals surface area contributed by atoms with Crippen LogP contribution in [0.1, 0.15) is 35.7 Å². The zero-order valence-electron chi connectivity index (χ0n) is 9.66. The lowest BCUT2D eigenvalue weighted by molar-refractivity contribution is 0.0953. The fraction of sp³-hybridized carbons (Fsp3) is 0.500. The van der Waals surface area contributed by atoms with E-state index in [0.717, 1.165) is 18.4 Å². The minimum atomic E-state index is -0.113. The van der Waals surface area contributed by atoms with E-state index >= 15 is 0 Å². The molecule has 0 aliphatic carbocycles. The van der Waals surface area contributed by atoms with Crippen LogP contribution in [-0.4, -0.2) is 22.8 Å². The fourth-order valence-corrected chi connectivity index (χ4v) is 1.70. The summed E-state index contributed by atoms with van der Waals surface area (Å²) in [6.45, 7) is 4.48. The van der Waals surface area contributed by atoms with Crippen LogP contribution in [0.2, 0.25) is 0 Å². The average molecular weight is 241 g/mol. The quantitative estimate of drug-likeness (QED) is 0.804. The van der Waals surface area contributed by atoms with E-state index in [9.17, 15) is 4.79 Å². The summed E-state index contributed by atoms with van der Waals surface area (Å²) in [5.41, 5.74) is 1.56. The van der Waals surface area contributed by atoms with Gasteiger partial charge in [0, 0.05) is 18.9 Å². The van der Waals surface area contributed by atoms with Crippen LogP contribution in [-0.2, 0) is 0 Å². The van der Waals surface area contributed by atoms with E-state index in [4.69, 9.17) is 11.6 Å². The van der Waals surface area contributed by atoms with Crippen molar-refractivity contribution in [2.75, 3.05) is 6.54 Å². The number of halogens is 1. The summed E-state index contributed by atoms with van der Waals surface area (Å²) in [7, 11) is 0. The number of hydrogen-bond acceptors (Lipinski definition) is 2. The highest BCUT2D eigenvalue weighted by molar-refractivity contribution is 6.20. The number of aryl methyl sites for hydroxylation is 1. The molecule has 1 rings (SSSR count). The Morgan fingerprint density at radius 1 is 1.56 bits per heavy atom. The molecule has 1 amide bonds. The molecule has 1 heterocycles. The second-order valence-electron chi connectivity index (χ2n) is 3.85.